The first kappa shape index (κ1) is 19.2. The van der Waals surface area contributed by atoms with Crippen molar-refractivity contribution >= 4 is 11.6 Å². The topological polar surface area (TPSA) is 91.2 Å². The van der Waals surface area contributed by atoms with Gasteiger partial charge in [0.25, 0.3) is 5.91 Å². The monoisotopic (exact) mass is 411 g/mol. The van der Waals surface area contributed by atoms with E-state index in [1.807, 2.05) is 35.2 Å². The summed E-state index contributed by atoms with van der Waals surface area (Å²) in [5.74, 6) is 6.30. The maximum absolute atomic E-state index is 13.2. The zero-order chi connectivity index (χ0) is 21.2. The Morgan fingerprint density at radius 2 is 2.00 bits per heavy atom. The highest BCUT2D eigenvalue weighted by molar-refractivity contribution is 5.92. The molecular weight excluding hydrogens is 390 g/mol. The van der Waals surface area contributed by atoms with Crippen molar-refractivity contribution in [2.24, 2.45) is 5.92 Å². The number of likely N-dealkylation sites (tertiary alicyclic amines) is 1. The van der Waals surface area contributed by atoms with Gasteiger partial charge in [-0.2, -0.15) is 0 Å². The van der Waals surface area contributed by atoms with Gasteiger partial charge in [0, 0.05) is 54.1 Å². The lowest BCUT2D eigenvalue weighted by Gasteiger charge is -2.39. The van der Waals surface area contributed by atoms with Gasteiger partial charge in [0.1, 0.15) is 5.69 Å². The maximum atomic E-state index is 13.2. The van der Waals surface area contributed by atoms with Crippen LogP contribution in [0.25, 0.3) is 0 Å². The number of nitrogens with zero attached hydrogens (tertiary/aromatic N) is 4. The van der Waals surface area contributed by atoms with Gasteiger partial charge in [-0.15, -0.1) is 0 Å². The molecule has 154 valence electrons. The molecule has 0 radical (unpaired) electrons. The van der Waals surface area contributed by atoms with Crippen LogP contribution in [0.3, 0.4) is 0 Å². The van der Waals surface area contributed by atoms with Crippen LogP contribution < -0.4 is 5.32 Å². The molecule has 1 saturated heterocycles. The number of hydrogen-bond donors (Lipinski definition) is 2. The second-order valence-electron chi connectivity index (χ2n) is 7.71. The summed E-state index contributed by atoms with van der Waals surface area (Å²) in [5, 5.41) is 13.4. The van der Waals surface area contributed by atoms with Crippen LogP contribution in [0.4, 0.5) is 5.69 Å². The Morgan fingerprint density at radius 1 is 1.13 bits per heavy atom. The third-order valence-corrected chi connectivity index (χ3v) is 5.93. The van der Waals surface area contributed by atoms with Gasteiger partial charge in [0.2, 0.25) is 0 Å². The molecule has 3 atom stereocenters. The van der Waals surface area contributed by atoms with E-state index >= 15 is 0 Å². The molecule has 31 heavy (non-hydrogen) atoms. The van der Waals surface area contributed by atoms with Crippen LogP contribution in [-0.4, -0.2) is 50.1 Å². The Hall–Kier alpha value is -3.76. The number of benzene rings is 1. The van der Waals surface area contributed by atoms with Crippen molar-refractivity contribution in [1.82, 2.24) is 19.9 Å². The molecule has 7 heteroatoms. The third kappa shape index (κ3) is 3.62. The van der Waals surface area contributed by atoms with Gasteiger partial charge in [0.15, 0.2) is 0 Å². The molecule has 1 aromatic carbocycles. The number of carbonyl (C=O) groups excluding carboxylic acids is 1. The lowest BCUT2D eigenvalue weighted by molar-refractivity contribution is 0.0694. The standard InChI is InChI=1S/C24H21N5O2/c30-15-22-18-7-11-29(24(31)21-14-26-9-10-27-21)23(18)19-12-16(5-6-20(19)28-22)3-4-17-2-1-8-25-13-17/h1-2,5-6,8-10,12-14,18,22-23,28,30H,7,11,15H2/t18-,22-,23-/m0/s1. The van der Waals surface area contributed by atoms with E-state index in [0.717, 1.165) is 28.8 Å². The summed E-state index contributed by atoms with van der Waals surface area (Å²) in [6.45, 7) is 0.615. The lowest BCUT2D eigenvalue weighted by atomic mass is 9.82. The summed E-state index contributed by atoms with van der Waals surface area (Å²) in [6.07, 6.45) is 8.83. The first-order valence-corrected chi connectivity index (χ1v) is 10.2. The van der Waals surface area contributed by atoms with Crippen molar-refractivity contribution in [3.8, 4) is 11.8 Å². The largest absolute Gasteiger partial charge is 0.394 e. The zero-order valence-corrected chi connectivity index (χ0v) is 16.8. The van der Waals surface area contributed by atoms with Crippen LogP contribution in [0.2, 0.25) is 0 Å². The summed E-state index contributed by atoms with van der Waals surface area (Å²) < 4.78 is 0. The van der Waals surface area contributed by atoms with E-state index < -0.39 is 0 Å². The molecule has 0 aliphatic carbocycles. The van der Waals surface area contributed by atoms with Crippen LogP contribution in [0.15, 0.2) is 61.3 Å². The van der Waals surface area contributed by atoms with Crippen LogP contribution in [0, 0.1) is 17.8 Å². The molecule has 1 fully saturated rings. The molecule has 2 aliphatic heterocycles. The number of hydrogen-bond acceptors (Lipinski definition) is 6. The third-order valence-electron chi connectivity index (χ3n) is 5.93. The van der Waals surface area contributed by atoms with Gasteiger partial charge >= 0.3 is 0 Å². The van der Waals surface area contributed by atoms with E-state index in [1.54, 1.807) is 18.6 Å². The number of amides is 1. The maximum Gasteiger partial charge on any atom is 0.274 e. The number of nitrogens with one attached hydrogen (secondary N) is 1. The second-order valence-corrected chi connectivity index (χ2v) is 7.71. The fourth-order valence-corrected chi connectivity index (χ4v) is 4.51. The highest BCUT2D eigenvalue weighted by Gasteiger charge is 2.46. The number of rotatable bonds is 2. The van der Waals surface area contributed by atoms with Crippen LogP contribution in [0.5, 0.6) is 0 Å². The minimum Gasteiger partial charge on any atom is -0.394 e. The smallest absolute Gasteiger partial charge is 0.274 e. The normalized spacial score (nSPS) is 21.3. The average molecular weight is 411 g/mol. The highest BCUT2D eigenvalue weighted by atomic mass is 16.3. The Morgan fingerprint density at radius 3 is 2.77 bits per heavy atom. The molecule has 2 aliphatic rings. The molecule has 2 N–H and O–H groups in total. The number of pyridine rings is 1. The summed E-state index contributed by atoms with van der Waals surface area (Å²) in [7, 11) is 0. The second kappa shape index (κ2) is 8.17. The highest BCUT2D eigenvalue weighted by Crippen LogP contribution is 2.46. The van der Waals surface area contributed by atoms with Crippen molar-refractivity contribution < 1.29 is 9.90 Å². The van der Waals surface area contributed by atoms with Crippen molar-refractivity contribution in [3.63, 3.8) is 0 Å². The lowest BCUT2D eigenvalue weighted by Crippen LogP contribution is -2.43. The quantitative estimate of drug-likeness (QED) is 0.629. The first-order valence-electron chi connectivity index (χ1n) is 10.2. The Kier molecular flexibility index (Phi) is 5.06. The molecule has 4 heterocycles. The van der Waals surface area contributed by atoms with E-state index in [4.69, 9.17) is 0 Å². The predicted molar refractivity (Wildman–Crippen MR) is 115 cm³/mol. The van der Waals surface area contributed by atoms with Gasteiger partial charge in [-0.1, -0.05) is 11.8 Å². The zero-order valence-electron chi connectivity index (χ0n) is 16.8. The minimum absolute atomic E-state index is 0.0103. The van der Waals surface area contributed by atoms with Gasteiger partial charge < -0.3 is 15.3 Å². The van der Waals surface area contributed by atoms with Crippen molar-refractivity contribution in [2.75, 3.05) is 18.5 Å². The van der Waals surface area contributed by atoms with E-state index in [0.29, 0.717) is 12.2 Å². The van der Waals surface area contributed by atoms with E-state index in [2.05, 4.69) is 32.1 Å². The molecule has 0 unspecified atom stereocenters. The molecule has 0 spiro atoms. The van der Waals surface area contributed by atoms with Crippen LogP contribution in [-0.2, 0) is 0 Å². The van der Waals surface area contributed by atoms with Crippen molar-refractivity contribution in [2.45, 2.75) is 18.5 Å². The average Bonchev–Trinajstić information content (AvgIpc) is 3.28. The fourth-order valence-electron chi connectivity index (χ4n) is 4.51. The number of carbonyl (C=O) groups is 1. The summed E-state index contributed by atoms with van der Waals surface area (Å²) in [5.41, 5.74) is 3.98. The van der Waals surface area contributed by atoms with Gasteiger partial charge in [-0.3, -0.25) is 14.8 Å². The first-order chi connectivity index (χ1) is 15.2. The van der Waals surface area contributed by atoms with E-state index in [9.17, 15) is 9.90 Å². The fraction of sp³-hybridized carbons (Fsp3) is 0.250. The van der Waals surface area contributed by atoms with Gasteiger partial charge in [-0.05, 0) is 42.3 Å². The summed E-state index contributed by atoms with van der Waals surface area (Å²) >= 11 is 0. The van der Waals surface area contributed by atoms with Crippen LogP contribution >= 0.6 is 0 Å². The molecule has 7 nitrogen and oxygen atoms in total. The molecule has 3 aromatic rings. The Labute approximate surface area is 180 Å². The predicted octanol–water partition coefficient (Wildman–Crippen LogP) is 2.26. The molecular formula is C24H21N5O2. The van der Waals surface area contributed by atoms with Crippen molar-refractivity contribution in [1.29, 1.82) is 0 Å². The number of aliphatic hydroxyl groups excluding tert-OH is 1. The molecule has 1 amide bonds. The molecule has 2 aromatic heterocycles. The van der Waals surface area contributed by atoms with Crippen LogP contribution in [0.1, 0.15) is 39.6 Å². The molecule has 5 rings (SSSR count). The Bertz CT molecular complexity index is 1160. The number of aliphatic hydroxyl groups is 1. The van der Waals surface area contributed by atoms with Gasteiger partial charge in [-0.25, -0.2) is 4.98 Å². The summed E-state index contributed by atoms with van der Waals surface area (Å²) in [6, 6.07) is 9.49. The number of aromatic nitrogens is 3. The van der Waals surface area contributed by atoms with Crippen molar-refractivity contribution in [3.05, 3.63) is 83.7 Å². The summed E-state index contributed by atoms with van der Waals surface area (Å²) in [4.78, 5) is 27.4. The van der Waals surface area contributed by atoms with E-state index in [-0.39, 0.29) is 30.5 Å². The number of fused-ring (bicyclic) bond motifs is 3. The Balaban J connectivity index is 1.52. The SMILES string of the molecule is O=C(c1cnccn1)N1CC[C@H]2[C@H](CO)Nc3ccc(C#Cc4cccnc4)cc3[C@H]21. The van der Waals surface area contributed by atoms with E-state index in [1.165, 1.54) is 12.4 Å². The number of anilines is 1. The molecule has 0 bridgehead atoms. The minimum atomic E-state index is -0.150. The molecule has 0 saturated carbocycles. The van der Waals surface area contributed by atoms with Gasteiger partial charge in [0.05, 0.1) is 24.9 Å².